The van der Waals surface area contributed by atoms with Crippen LogP contribution in [0.5, 0.6) is 0 Å². The second kappa shape index (κ2) is 12.7. The Kier molecular flexibility index (Phi) is 7.64. The molecule has 0 radical (unpaired) electrons. The normalized spacial score (nSPS) is 14.5. The number of rotatable bonds is 6. The van der Waals surface area contributed by atoms with Gasteiger partial charge in [0.2, 0.25) is 0 Å². The highest BCUT2D eigenvalue weighted by molar-refractivity contribution is 7.26. The van der Waals surface area contributed by atoms with Crippen molar-refractivity contribution < 1.29 is 0 Å². The fraction of sp³-hybridized carbons (Fsp3) is 0.0889. The first-order valence-corrected chi connectivity index (χ1v) is 17.8. The zero-order valence-electron chi connectivity index (χ0n) is 27.0. The van der Waals surface area contributed by atoms with Crippen molar-refractivity contribution >= 4 is 37.1 Å². The number of hydrogen-bond donors (Lipinski definition) is 0. The lowest BCUT2D eigenvalue weighted by Crippen LogP contribution is -2.00. The average molecular weight is 648 g/mol. The van der Waals surface area contributed by atoms with Gasteiger partial charge in [-0.3, -0.25) is 0 Å². The highest BCUT2D eigenvalue weighted by atomic mass is 32.1. The van der Waals surface area contributed by atoms with Gasteiger partial charge in [-0.2, -0.15) is 0 Å². The Bertz CT molecular complexity index is 2410. The molecular weight excluding hydrogens is 615 g/mol. The van der Waals surface area contributed by atoms with E-state index in [0.29, 0.717) is 17.5 Å². The van der Waals surface area contributed by atoms with Crippen molar-refractivity contribution in [2.24, 2.45) is 0 Å². The number of allylic oxidation sites excluding steroid dienone is 8. The molecule has 0 atom stereocenters. The van der Waals surface area contributed by atoms with Crippen LogP contribution in [0, 0.1) is 0 Å². The maximum Gasteiger partial charge on any atom is 0.164 e. The highest BCUT2D eigenvalue weighted by Crippen LogP contribution is 2.44. The molecule has 2 heterocycles. The monoisotopic (exact) mass is 647 g/mol. The zero-order valence-corrected chi connectivity index (χ0v) is 27.8. The first-order valence-electron chi connectivity index (χ1n) is 17.0. The van der Waals surface area contributed by atoms with Crippen molar-refractivity contribution in [3.05, 3.63) is 168 Å². The Morgan fingerprint density at radius 1 is 0.449 bits per heavy atom. The molecule has 234 valence electrons. The van der Waals surface area contributed by atoms with Gasteiger partial charge in [-0.1, -0.05) is 140 Å². The summed E-state index contributed by atoms with van der Waals surface area (Å²) in [6, 6.07) is 42.6. The minimum Gasteiger partial charge on any atom is -0.208 e. The molecule has 3 nitrogen and oxygen atoms in total. The molecule has 2 aliphatic carbocycles. The lowest BCUT2D eigenvalue weighted by atomic mass is 9.87. The van der Waals surface area contributed by atoms with Crippen LogP contribution in [-0.2, 0) is 0 Å². The number of aromatic nitrogens is 3. The van der Waals surface area contributed by atoms with E-state index in [0.717, 1.165) is 42.4 Å². The maximum absolute atomic E-state index is 5.10. The largest absolute Gasteiger partial charge is 0.208 e. The van der Waals surface area contributed by atoms with E-state index in [1.807, 2.05) is 47.7 Å². The van der Waals surface area contributed by atoms with Gasteiger partial charge in [-0.25, -0.2) is 15.0 Å². The predicted octanol–water partition coefficient (Wildman–Crippen LogP) is 12.3. The first-order chi connectivity index (χ1) is 24.3. The number of benzene rings is 5. The van der Waals surface area contributed by atoms with Crippen LogP contribution >= 0.6 is 11.3 Å². The van der Waals surface area contributed by atoms with Crippen molar-refractivity contribution in [2.45, 2.75) is 25.7 Å². The third kappa shape index (κ3) is 5.64. The highest BCUT2D eigenvalue weighted by Gasteiger charge is 2.19. The summed E-state index contributed by atoms with van der Waals surface area (Å²) in [5.41, 5.74) is 10.9. The SMILES string of the molecule is C1=CC(C2=CC=C(c3ccc(-c4cccc5sc6cccc(-c7nc(-c8ccccc8)nc(-c8ccccc8)n7)c6c45)cc3)CC2)=CCC1. The molecule has 2 aliphatic rings. The summed E-state index contributed by atoms with van der Waals surface area (Å²) in [4.78, 5) is 15.1. The minimum atomic E-state index is 0.669. The van der Waals surface area contributed by atoms with Crippen molar-refractivity contribution in [3.63, 3.8) is 0 Å². The molecule has 0 N–H and O–H groups in total. The van der Waals surface area contributed by atoms with Gasteiger partial charge in [0.15, 0.2) is 17.5 Å². The van der Waals surface area contributed by atoms with Crippen LogP contribution in [0.15, 0.2) is 163 Å². The fourth-order valence-corrected chi connectivity index (χ4v) is 8.21. The van der Waals surface area contributed by atoms with Crippen molar-refractivity contribution in [1.82, 2.24) is 15.0 Å². The van der Waals surface area contributed by atoms with E-state index in [4.69, 9.17) is 15.0 Å². The third-order valence-corrected chi connectivity index (χ3v) is 10.7. The van der Waals surface area contributed by atoms with Gasteiger partial charge in [0.05, 0.1) is 0 Å². The summed E-state index contributed by atoms with van der Waals surface area (Å²) in [7, 11) is 0. The Balaban J connectivity index is 1.15. The van der Waals surface area contributed by atoms with Crippen LogP contribution < -0.4 is 0 Å². The lowest BCUT2D eigenvalue weighted by Gasteiger charge is -2.17. The zero-order chi connectivity index (χ0) is 32.6. The Labute approximate surface area is 290 Å². The smallest absolute Gasteiger partial charge is 0.164 e. The summed E-state index contributed by atoms with van der Waals surface area (Å²) in [6.07, 6.45) is 16.0. The quantitative estimate of drug-likeness (QED) is 0.180. The van der Waals surface area contributed by atoms with Gasteiger partial charge >= 0.3 is 0 Å². The predicted molar refractivity (Wildman–Crippen MR) is 206 cm³/mol. The van der Waals surface area contributed by atoms with Crippen LogP contribution in [0.2, 0.25) is 0 Å². The van der Waals surface area contributed by atoms with E-state index in [-0.39, 0.29) is 0 Å². The maximum atomic E-state index is 5.10. The first kappa shape index (κ1) is 29.4. The molecule has 0 spiro atoms. The van der Waals surface area contributed by atoms with Crippen molar-refractivity contribution in [3.8, 4) is 45.3 Å². The van der Waals surface area contributed by atoms with E-state index < -0.39 is 0 Å². The fourth-order valence-electron chi connectivity index (χ4n) is 7.06. The molecular formula is C45H33N3S. The summed E-state index contributed by atoms with van der Waals surface area (Å²) in [6.45, 7) is 0. The molecule has 5 aromatic carbocycles. The summed E-state index contributed by atoms with van der Waals surface area (Å²) in [5, 5.41) is 2.43. The van der Waals surface area contributed by atoms with Gasteiger partial charge in [-0.05, 0) is 71.2 Å². The molecule has 0 bridgehead atoms. The topological polar surface area (TPSA) is 38.7 Å². The molecule has 7 aromatic rings. The molecule has 9 rings (SSSR count). The van der Waals surface area contributed by atoms with Gasteiger partial charge < -0.3 is 0 Å². The van der Waals surface area contributed by atoms with E-state index in [1.54, 1.807) is 0 Å². The van der Waals surface area contributed by atoms with E-state index in [9.17, 15) is 0 Å². The van der Waals surface area contributed by atoms with Crippen molar-refractivity contribution in [1.29, 1.82) is 0 Å². The van der Waals surface area contributed by atoms with Gasteiger partial charge in [0, 0.05) is 36.9 Å². The van der Waals surface area contributed by atoms with Crippen LogP contribution in [0.1, 0.15) is 31.2 Å². The molecule has 0 saturated carbocycles. The molecule has 0 aliphatic heterocycles. The van der Waals surface area contributed by atoms with Gasteiger partial charge in [0.25, 0.3) is 0 Å². The lowest BCUT2D eigenvalue weighted by molar-refractivity contribution is 0.962. The van der Waals surface area contributed by atoms with E-state index in [2.05, 4.69) is 115 Å². The van der Waals surface area contributed by atoms with Crippen LogP contribution in [0.25, 0.3) is 71.0 Å². The van der Waals surface area contributed by atoms with E-state index in [1.165, 1.54) is 53.6 Å². The molecule has 0 fully saturated rings. The van der Waals surface area contributed by atoms with Crippen LogP contribution in [0.3, 0.4) is 0 Å². The number of nitrogens with zero attached hydrogens (tertiary/aromatic N) is 3. The number of thiophene rings is 1. The summed E-state index contributed by atoms with van der Waals surface area (Å²) >= 11 is 1.82. The Morgan fingerprint density at radius 3 is 1.63 bits per heavy atom. The average Bonchev–Trinajstić information content (AvgIpc) is 3.58. The summed E-state index contributed by atoms with van der Waals surface area (Å²) < 4.78 is 2.47. The Hall–Kier alpha value is -5.71. The van der Waals surface area contributed by atoms with Gasteiger partial charge in [0.1, 0.15) is 0 Å². The van der Waals surface area contributed by atoms with Crippen LogP contribution in [-0.4, -0.2) is 15.0 Å². The van der Waals surface area contributed by atoms with E-state index >= 15 is 0 Å². The van der Waals surface area contributed by atoms with Gasteiger partial charge in [-0.15, -0.1) is 11.3 Å². The van der Waals surface area contributed by atoms with Crippen molar-refractivity contribution in [2.75, 3.05) is 0 Å². The number of fused-ring (bicyclic) bond motifs is 3. The second-order valence-electron chi connectivity index (χ2n) is 12.6. The second-order valence-corrected chi connectivity index (χ2v) is 13.7. The van der Waals surface area contributed by atoms with Crippen LogP contribution in [0.4, 0.5) is 0 Å². The Morgan fingerprint density at radius 2 is 1.02 bits per heavy atom. The minimum absolute atomic E-state index is 0.669. The molecule has 0 unspecified atom stereocenters. The third-order valence-electron chi connectivity index (χ3n) is 9.54. The molecule has 2 aromatic heterocycles. The number of hydrogen-bond acceptors (Lipinski definition) is 4. The molecule has 4 heteroatoms. The molecule has 0 saturated heterocycles. The molecule has 0 amide bonds. The molecule has 49 heavy (non-hydrogen) atoms. The summed E-state index contributed by atoms with van der Waals surface area (Å²) in [5.74, 6) is 2.02. The standard InChI is InChI=1S/C45H33N3S/c1-4-12-30(13-5-1)31-22-24-32(25-23-31)33-26-28-34(29-27-33)37-18-10-20-39-41(37)42-38(19-11-21-40(42)49-39)45-47-43(35-14-6-2-7-15-35)46-44(48-45)36-16-8-3-9-17-36/h2-4,6-22,24,26-29H,1,5,23,25H2.